The van der Waals surface area contributed by atoms with Gasteiger partial charge in [-0.05, 0) is 47.7 Å². The molecule has 0 saturated carbocycles. The molecule has 0 bridgehead atoms. The predicted octanol–water partition coefficient (Wildman–Crippen LogP) is 2.94. The topological polar surface area (TPSA) is 94.6 Å². The Hall–Kier alpha value is -3.35. The normalized spacial score (nSPS) is 11.2. The summed E-state index contributed by atoms with van der Waals surface area (Å²) in [7, 11) is 3.35. The molecule has 0 aliphatic rings. The van der Waals surface area contributed by atoms with Gasteiger partial charge in [0.2, 0.25) is 5.91 Å². The van der Waals surface area contributed by atoms with Gasteiger partial charge in [0, 0.05) is 44.9 Å². The van der Waals surface area contributed by atoms with E-state index in [1.165, 1.54) is 0 Å². The molecule has 7 nitrogen and oxygen atoms in total. The van der Waals surface area contributed by atoms with Crippen LogP contribution < -0.4 is 21.3 Å². The standard InChI is InChI=1S/C24H33N5O2/c1-17(2)13-22(30)29-21-10-6-8-19(15-21)16-28-24(26-4)27-12-11-18-7-5-9-20(14-18)23(31)25-3/h5-10,14-15,17H,11-13,16H2,1-4H3,(H,25,31)(H,29,30)(H2,26,27,28). The van der Waals surface area contributed by atoms with Crippen molar-refractivity contribution in [1.82, 2.24) is 16.0 Å². The van der Waals surface area contributed by atoms with E-state index in [-0.39, 0.29) is 11.8 Å². The maximum atomic E-state index is 12.0. The molecular formula is C24H33N5O2. The molecule has 0 fully saturated rings. The third kappa shape index (κ3) is 8.50. The Balaban J connectivity index is 1.83. The molecule has 0 spiro atoms. The van der Waals surface area contributed by atoms with Gasteiger partial charge in [-0.1, -0.05) is 38.1 Å². The smallest absolute Gasteiger partial charge is 0.251 e. The number of hydrogen-bond acceptors (Lipinski definition) is 3. The van der Waals surface area contributed by atoms with Gasteiger partial charge in [-0.25, -0.2) is 0 Å². The molecule has 0 saturated heterocycles. The van der Waals surface area contributed by atoms with Crippen LogP contribution in [-0.4, -0.2) is 38.4 Å². The van der Waals surface area contributed by atoms with Gasteiger partial charge in [0.1, 0.15) is 0 Å². The Morgan fingerprint density at radius 1 is 1.00 bits per heavy atom. The van der Waals surface area contributed by atoms with E-state index in [0.29, 0.717) is 37.0 Å². The van der Waals surface area contributed by atoms with Crippen LogP contribution in [0.2, 0.25) is 0 Å². The SMILES string of the molecule is CN=C(NCCc1cccc(C(=O)NC)c1)NCc1cccc(NC(=O)CC(C)C)c1. The summed E-state index contributed by atoms with van der Waals surface area (Å²) in [6.07, 6.45) is 1.27. The molecule has 7 heteroatoms. The lowest BCUT2D eigenvalue weighted by atomic mass is 10.1. The van der Waals surface area contributed by atoms with Gasteiger partial charge >= 0.3 is 0 Å². The number of rotatable bonds is 9. The number of carbonyl (C=O) groups excluding carboxylic acids is 2. The minimum absolute atomic E-state index is 0.0260. The highest BCUT2D eigenvalue weighted by Crippen LogP contribution is 2.12. The number of anilines is 1. The number of nitrogens with zero attached hydrogens (tertiary/aromatic N) is 1. The Labute approximate surface area is 184 Å². The van der Waals surface area contributed by atoms with Gasteiger partial charge in [0.15, 0.2) is 5.96 Å². The summed E-state index contributed by atoms with van der Waals surface area (Å²) >= 11 is 0. The van der Waals surface area contributed by atoms with Crippen LogP contribution in [0.1, 0.15) is 41.8 Å². The Kier molecular flexibility index (Phi) is 9.55. The second-order valence-electron chi connectivity index (χ2n) is 7.73. The van der Waals surface area contributed by atoms with E-state index in [0.717, 1.165) is 23.2 Å². The highest BCUT2D eigenvalue weighted by Gasteiger charge is 2.07. The van der Waals surface area contributed by atoms with Gasteiger partial charge in [0.05, 0.1) is 0 Å². The highest BCUT2D eigenvalue weighted by molar-refractivity contribution is 5.94. The average Bonchev–Trinajstić information content (AvgIpc) is 2.75. The van der Waals surface area contributed by atoms with Crippen molar-refractivity contribution in [3.63, 3.8) is 0 Å². The van der Waals surface area contributed by atoms with Crippen LogP contribution in [0.25, 0.3) is 0 Å². The van der Waals surface area contributed by atoms with Crippen molar-refractivity contribution >= 4 is 23.5 Å². The van der Waals surface area contributed by atoms with Gasteiger partial charge in [-0.2, -0.15) is 0 Å². The molecule has 0 aliphatic carbocycles. The molecule has 0 radical (unpaired) electrons. The number of carbonyl (C=O) groups is 2. The Morgan fingerprint density at radius 2 is 1.74 bits per heavy atom. The van der Waals surface area contributed by atoms with Crippen molar-refractivity contribution < 1.29 is 9.59 Å². The van der Waals surface area contributed by atoms with Crippen LogP contribution in [0, 0.1) is 5.92 Å². The summed E-state index contributed by atoms with van der Waals surface area (Å²) in [5.74, 6) is 0.954. The van der Waals surface area contributed by atoms with Crippen molar-refractivity contribution in [3.05, 3.63) is 65.2 Å². The molecule has 166 valence electrons. The van der Waals surface area contributed by atoms with E-state index in [4.69, 9.17) is 0 Å². The van der Waals surface area contributed by atoms with Crippen molar-refractivity contribution in [3.8, 4) is 0 Å². The summed E-state index contributed by atoms with van der Waals surface area (Å²) in [5.41, 5.74) is 3.57. The third-order valence-corrected chi connectivity index (χ3v) is 4.61. The van der Waals surface area contributed by atoms with Crippen LogP contribution in [0.4, 0.5) is 5.69 Å². The molecular weight excluding hydrogens is 390 g/mol. The monoisotopic (exact) mass is 423 g/mol. The van der Waals surface area contributed by atoms with E-state index in [9.17, 15) is 9.59 Å². The van der Waals surface area contributed by atoms with E-state index >= 15 is 0 Å². The molecule has 0 atom stereocenters. The number of benzene rings is 2. The summed E-state index contributed by atoms with van der Waals surface area (Å²) in [6, 6.07) is 15.4. The number of amides is 2. The van der Waals surface area contributed by atoms with E-state index < -0.39 is 0 Å². The molecule has 31 heavy (non-hydrogen) atoms. The lowest BCUT2D eigenvalue weighted by Crippen LogP contribution is -2.37. The van der Waals surface area contributed by atoms with Gasteiger partial charge < -0.3 is 21.3 Å². The second kappa shape index (κ2) is 12.4. The quantitative estimate of drug-likeness (QED) is 0.368. The first-order valence-corrected chi connectivity index (χ1v) is 10.6. The molecule has 0 aliphatic heterocycles. The first-order valence-electron chi connectivity index (χ1n) is 10.6. The molecule has 2 aromatic carbocycles. The van der Waals surface area contributed by atoms with Crippen LogP contribution >= 0.6 is 0 Å². The van der Waals surface area contributed by atoms with E-state index in [2.05, 4.69) is 26.3 Å². The molecule has 2 rings (SSSR count). The van der Waals surface area contributed by atoms with Gasteiger partial charge in [-0.15, -0.1) is 0 Å². The fraction of sp³-hybridized carbons (Fsp3) is 0.375. The summed E-state index contributed by atoms with van der Waals surface area (Å²) in [5, 5.41) is 12.2. The average molecular weight is 424 g/mol. The van der Waals surface area contributed by atoms with Crippen LogP contribution in [0.5, 0.6) is 0 Å². The van der Waals surface area contributed by atoms with Crippen molar-refractivity contribution in [2.75, 3.05) is 26.0 Å². The number of hydrogen-bond donors (Lipinski definition) is 4. The predicted molar refractivity (Wildman–Crippen MR) is 126 cm³/mol. The van der Waals surface area contributed by atoms with E-state index in [1.54, 1.807) is 20.2 Å². The van der Waals surface area contributed by atoms with Crippen LogP contribution in [-0.2, 0) is 17.8 Å². The molecule has 2 amide bonds. The molecule has 2 aromatic rings. The van der Waals surface area contributed by atoms with Crippen molar-refractivity contribution in [1.29, 1.82) is 0 Å². The fourth-order valence-electron chi connectivity index (χ4n) is 3.09. The van der Waals surface area contributed by atoms with Crippen molar-refractivity contribution in [2.45, 2.75) is 33.2 Å². The Morgan fingerprint density at radius 3 is 2.45 bits per heavy atom. The molecule has 0 aromatic heterocycles. The van der Waals surface area contributed by atoms with Crippen LogP contribution in [0.3, 0.4) is 0 Å². The first-order chi connectivity index (χ1) is 14.9. The summed E-state index contributed by atoms with van der Waals surface area (Å²) < 4.78 is 0. The summed E-state index contributed by atoms with van der Waals surface area (Å²) in [6.45, 7) is 5.32. The van der Waals surface area contributed by atoms with Crippen LogP contribution in [0.15, 0.2) is 53.5 Å². The largest absolute Gasteiger partial charge is 0.356 e. The van der Waals surface area contributed by atoms with Crippen molar-refractivity contribution in [2.24, 2.45) is 10.9 Å². The second-order valence-corrected chi connectivity index (χ2v) is 7.73. The van der Waals surface area contributed by atoms with Gasteiger partial charge in [0.25, 0.3) is 5.91 Å². The lowest BCUT2D eigenvalue weighted by molar-refractivity contribution is -0.116. The number of guanidine groups is 1. The highest BCUT2D eigenvalue weighted by atomic mass is 16.2. The maximum Gasteiger partial charge on any atom is 0.251 e. The minimum Gasteiger partial charge on any atom is -0.356 e. The number of aliphatic imine (C=N–C) groups is 1. The third-order valence-electron chi connectivity index (χ3n) is 4.61. The Bertz CT molecular complexity index is 908. The number of nitrogens with one attached hydrogen (secondary N) is 4. The van der Waals surface area contributed by atoms with Gasteiger partial charge in [-0.3, -0.25) is 14.6 Å². The zero-order chi connectivity index (χ0) is 22.6. The first kappa shape index (κ1) is 23.9. The van der Waals surface area contributed by atoms with E-state index in [1.807, 2.05) is 56.3 Å². The molecule has 4 N–H and O–H groups in total. The maximum absolute atomic E-state index is 12.0. The fourth-order valence-corrected chi connectivity index (χ4v) is 3.09. The lowest BCUT2D eigenvalue weighted by Gasteiger charge is -2.13. The minimum atomic E-state index is -0.0880. The zero-order valence-electron chi connectivity index (χ0n) is 18.8. The molecule has 0 unspecified atom stereocenters. The zero-order valence-corrected chi connectivity index (χ0v) is 18.8. The molecule has 0 heterocycles. The summed E-state index contributed by atoms with van der Waals surface area (Å²) in [4.78, 5) is 28.0.